The SMILES string of the molecule is CC(=O)CC1CCCCN1C(=O)CCOc1ccccc1. The van der Waals surface area contributed by atoms with Crippen LogP contribution in [0.3, 0.4) is 0 Å². The predicted molar refractivity (Wildman–Crippen MR) is 81.2 cm³/mol. The van der Waals surface area contributed by atoms with Crippen LogP contribution in [0, 0.1) is 0 Å². The van der Waals surface area contributed by atoms with E-state index in [2.05, 4.69) is 0 Å². The number of ether oxygens (including phenoxy) is 1. The zero-order chi connectivity index (χ0) is 15.1. The van der Waals surface area contributed by atoms with Crippen LogP contribution in [0.2, 0.25) is 0 Å². The van der Waals surface area contributed by atoms with Gasteiger partial charge in [-0.2, -0.15) is 0 Å². The maximum atomic E-state index is 12.3. The summed E-state index contributed by atoms with van der Waals surface area (Å²) in [6.07, 6.45) is 3.90. The van der Waals surface area contributed by atoms with Gasteiger partial charge < -0.3 is 9.64 Å². The van der Waals surface area contributed by atoms with Crippen LogP contribution in [0.25, 0.3) is 0 Å². The molecule has 1 heterocycles. The van der Waals surface area contributed by atoms with Crippen LogP contribution in [0.5, 0.6) is 5.75 Å². The Morgan fingerprint density at radius 1 is 1.24 bits per heavy atom. The van der Waals surface area contributed by atoms with E-state index < -0.39 is 0 Å². The van der Waals surface area contributed by atoms with Gasteiger partial charge in [0.2, 0.25) is 5.91 Å². The van der Waals surface area contributed by atoms with Crippen molar-refractivity contribution >= 4 is 11.7 Å². The first-order valence-electron chi connectivity index (χ1n) is 7.63. The van der Waals surface area contributed by atoms with Gasteiger partial charge in [-0.3, -0.25) is 9.59 Å². The Kier molecular flexibility index (Phi) is 5.78. The highest BCUT2D eigenvalue weighted by Crippen LogP contribution is 2.21. The van der Waals surface area contributed by atoms with Gasteiger partial charge in [0.25, 0.3) is 0 Å². The van der Waals surface area contributed by atoms with Crippen LogP contribution in [-0.4, -0.2) is 35.8 Å². The van der Waals surface area contributed by atoms with E-state index in [9.17, 15) is 9.59 Å². The Hall–Kier alpha value is -1.84. The van der Waals surface area contributed by atoms with Gasteiger partial charge in [-0.25, -0.2) is 0 Å². The van der Waals surface area contributed by atoms with Crippen molar-refractivity contribution in [2.75, 3.05) is 13.2 Å². The summed E-state index contributed by atoms with van der Waals surface area (Å²) in [5, 5.41) is 0. The van der Waals surface area contributed by atoms with Gasteiger partial charge in [-0.15, -0.1) is 0 Å². The van der Waals surface area contributed by atoms with E-state index in [1.807, 2.05) is 35.2 Å². The number of benzene rings is 1. The number of carbonyl (C=O) groups is 2. The molecule has 4 nitrogen and oxygen atoms in total. The average Bonchev–Trinajstić information content (AvgIpc) is 2.48. The fraction of sp³-hybridized carbons (Fsp3) is 0.529. The lowest BCUT2D eigenvalue weighted by Gasteiger charge is -2.35. The summed E-state index contributed by atoms with van der Waals surface area (Å²) >= 11 is 0. The molecule has 1 amide bonds. The van der Waals surface area contributed by atoms with E-state index in [1.54, 1.807) is 6.92 Å². The lowest BCUT2D eigenvalue weighted by Crippen LogP contribution is -2.44. The molecule has 0 N–H and O–H groups in total. The summed E-state index contributed by atoms with van der Waals surface area (Å²) in [4.78, 5) is 25.5. The topological polar surface area (TPSA) is 46.6 Å². The van der Waals surface area contributed by atoms with Crippen LogP contribution in [0.1, 0.15) is 39.0 Å². The monoisotopic (exact) mass is 289 g/mol. The number of hydrogen-bond donors (Lipinski definition) is 0. The van der Waals surface area contributed by atoms with Crippen molar-refractivity contribution in [3.05, 3.63) is 30.3 Å². The second-order valence-electron chi connectivity index (χ2n) is 5.55. The zero-order valence-corrected chi connectivity index (χ0v) is 12.6. The first kappa shape index (κ1) is 15.5. The second-order valence-corrected chi connectivity index (χ2v) is 5.55. The van der Waals surface area contributed by atoms with E-state index in [4.69, 9.17) is 4.74 Å². The van der Waals surface area contributed by atoms with E-state index in [-0.39, 0.29) is 17.7 Å². The average molecular weight is 289 g/mol. The smallest absolute Gasteiger partial charge is 0.226 e. The number of likely N-dealkylation sites (tertiary alicyclic amines) is 1. The predicted octanol–water partition coefficient (Wildman–Crippen LogP) is 2.82. The molecule has 1 aromatic rings. The lowest BCUT2D eigenvalue weighted by molar-refractivity contribution is -0.136. The Morgan fingerprint density at radius 2 is 2.00 bits per heavy atom. The molecular weight excluding hydrogens is 266 g/mol. The van der Waals surface area contributed by atoms with Gasteiger partial charge >= 0.3 is 0 Å². The van der Waals surface area contributed by atoms with Crippen LogP contribution < -0.4 is 4.74 Å². The molecule has 0 radical (unpaired) electrons. The highest BCUT2D eigenvalue weighted by molar-refractivity contribution is 5.79. The van der Waals surface area contributed by atoms with Crippen molar-refractivity contribution in [1.82, 2.24) is 4.90 Å². The fourth-order valence-corrected chi connectivity index (χ4v) is 2.79. The van der Waals surface area contributed by atoms with Gasteiger partial charge in [0.15, 0.2) is 0 Å². The van der Waals surface area contributed by atoms with E-state index >= 15 is 0 Å². The van der Waals surface area contributed by atoms with Gasteiger partial charge in [0, 0.05) is 19.0 Å². The molecule has 0 aromatic heterocycles. The summed E-state index contributed by atoms with van der Waals surface area (Å²) in [7, 11) is 0. The number of amides is 1. The van der Waals surface area contributed by atoms with Crippen LogP contribution in [0.15, 0.2) is 30.3 Å². The summed E-state index contributed by atoms with van der Waals surface area (Å²) in [6.45, 7) is 2.74. The maximum absolute atomic E-state index is 12.3. The molecule has 1 unspecified atom stereocenters. The molecule has 0 saturated carbocycles. The first-order chi connectivity index (χ1) is 10.2. The van der Waals surface area contributed by atoms with Crippen LogP contribution in [-0.2, 0) is 9.59 Å². The normalized spacial score (nSPS) is 18.3. The molecule has 4 heteroatoms. The number of hydrogen-bond acceptors (Lipinski definition) is 3. The van der Waals surface area contributed by atoms with E-state index in [1.165, 1.54) is 0 Å². The molecule has 1 aliphatic heterocycles. The molecule has 0 spiro atoms. The number of ketones is 1. The number of nitrogens with zero attached hydrogens (tertiary/aromatic N) is 1. The fourth-order valence-electron chi connectivity index (χ4n) is 2.79. The molecule has 0 aliphatic carbocycles. The highest BCUT2D eigenvalue weighted by Gasteiger charge is 2.27. The van der Waals surface area contributed by atoms with Crippen LogP contribution >= 0.6 is 0 Å². The minimum absolute atomic E-state index is 0.0838. The van der Waals surface area contributed by atoms with Crippen molar-refractivity contribution in [2.24, 2.45) is 0 Å². The van der Waals surface area contributed by atoms with Crippen molar-refractivity contribution in [1.29, 1.82) is 0 Å². The maximum Gasteiger partial charge on any atom is 0.226 e. The second kappa shape index (κ2) is 7.81. The number of carbonyl (C=O) groups excluding carboxylic acids is 2. The Balaban J connectivity index is 1.81. The molecule has 1 saturated heterocycles. The highest BCUT2D eigenvalue weighted by atomic mass is 16.5. The van der Waals surface area contributed by atoms with E-state index in [0.717, 1.165) is 31.6 Å². The van der Waals surface area contributed by atoms with Crippen molar-refractivity contribution in [2.45, 2.75) is 45.1 Å². The number of para-hydroxylation sites is 1. The van der Waals surface area contributed by atoms with Crippen molar-refractivity contribution in [3.63, 3.8) is 0 Å². The summed E-state index contributed by atoms with van der Waals surface area (Å²) in [6, 6.07) is 9.59. The lowest BCUT2D eigenvalue weighted by atomic mass is 9.97. The summed E-state index contributed by atoms with van der Waals surface area (Å²) in [5.41, 5.74) is 0. The zero-order valence-electron chi connectivity index (χ0n) is 12.6. The first-order valence-corrected chi connectivity index (χ1v) is 7.63. The molecule has 1 aliphatic rings. The van der Waals surface area contributed by atoms with Crippen LogP contribution in [0.4, 0.5) is 0 Å². The van der Waals surface area contributed by atoms with E-state index in [0.29, 0.717) is 19.4 Å². The largest absolute Gasteiger partial charge is 0.493 e. The third-order valence-corrected chi connectivity index (χ3v) is 3.80. The third-order valence-electron chi connectivity index (χ3n) is 3.80. The Labute approximate surface area is 126 Å². The van der Waals surface area contributed by atoms with Gasteiger partial charge in [-0.05, 0) is 38.3 Å². The quantitative estimate of drug-likeness (QED) is 0.809. The number of Topliss-reactive ketones (excluding diaryl/α,β-unsaturated/α-hetero) is 1. The van der Waals surface area contributed by atoms with Gasteiger partial charge in [-0.1, -0.05) is 18.2 Å². The van der Waals surface area contributed by atoms with Gasteiger partial charge in [0.1, 0.15) is 11.5 Å². The molecule has 21 heavy (non-hydrogen) atoms. The summed E-state index contributed by atoms with van der Waals surface area (Å²) < 4.78 is 5.57. The number of piperidine rings is 1. The van der Waals surface area contributed by atoms with Crippen molar-refractivity contribution in [3.8, 4) is 5.75 Å². The molecule has 1 fully saturated rings. The molecule has 0 bridgehead atoms. The molecule has 114 valence electrons. The molecule has 1 atom stereocenters. The van der Waals surface area contributed by atoms with Gasteiger partial charge in [0.05, 0.1) is 13.0 Å². The summed E-state index contributed by atoms with van der Waals surface area (Å²) in [5.74, 6) is 1.03. The Morgan fingerprint density at radius 3 is 2.71 bits per heavy atom. The standard InChI is InChI=1S/C17H23NO3/c1-14(19)13-15-7-5-6-11-18(15)17(20)10-12-21-16-8-3-2-4-9-16/h2-4,8-9,15H,5-7,10-13H2,1H3. The Bertz CT molecular complexity index is 472. The minimum atomic E-state index is 0.0838. The number of rotatable bonds is 6. The minimum Gasteiger partial charge on any atom is -0.493 e. The van der Waals surface area contributed by atoms with Crippen molar-refractivity contribution < 1.29 is 14.3 Å². The molecular formula is C17H23NO3. The third kappa shape index (κ3) is 4.88. The molecule has 1 aromatic carbocycles. The molecule has 2 rings (SSSR count).